The van der Waals surface area contributed by atoms with Crippen LogP contribution in [0.4, 0.5) is 5.69 Å². The molecule has 20 heavy (non-hydrogen) atoms. The van der Waals surface area contributed by atoms with Gasteiger partial charge in [-0.3, -0.25) is 0 Å². The summed E-state index contributed by atoms with van der Waals surface area (Å²) in [5, 5.41) is 4.52. The summed E-state index contributed by atoms with van der Waals surface area (Å²) in [5.41, 5.74) is 1.28. The second-order valence-corrected chi connectivity index (χ2v) is 7.19. The van der Waals surface area contributed by atoms with Crippen molar-refractivity contribution < 1.29 is 0 Å². The first-order chi connectivity index (χ1) is 9.70. The third-order valence-electron chi connectivity index (χ3n) is 4.63. The summed E-state index contributed by atoms with van der Waals surface area (Å²) in [6.07, 6.45) is 6.36. The van der Waals surface area contributed by atoms with E-state index in [1.165, 1.54) is 37.8 Å². The Morgan fingerprint density at radius 3 is 2.65 bits per heavy atom. The number of hydrogen-bond donors (Lipinski definition) is 1. The van der Waals surface area contributed by atoms with Gasteiger partial charge in [0.25, 0.3) is 0 Å². The number of piperidine rings is 1. The fourth-order valence-electron chi connectivity index (χ4n) is 3.78. The van der Waals surface area contributed by atoms with E-state index in [0.717, 1.165) is 16.0 Å². The molecular formula is C16H22BrClN2. The number of anilines is 1. The molecule has 2 aliphatic heterocycles. The smallest absolute Gasteiger partial charge is 0.0595 e. The fraction of sp³-hybridized carbons (Fsp3) is 0.625. The molecule has 2 saturated heterocycles. The summed E-state index contributed by atoms with van der Waals surface area (Å²) in [6.45, 7) is 3.38. The van der Waals surface area contributed by atoms with Crippen LogP contribution in [0, 0.1) is 0 Å². The van der Waals surface area contributed by atoms with Gasteiger partial charge in [-0.2, -0.15) is 0 Å². The topological polar surface area (TPSA) is 15.3 Å². The van der Waals surface area contributed by atoms with E-state index < -0.39 is 0 Å². The standard InChI is InChI=1S/C16H22BrClN2/c1-2-8-19-11-9-12-6-7-13(10-11)20(12)15-5-3-4-14(18)16(15)17/h3-5,11-13,19H,2,6-10H2,1H3. The van der Waals surface area contributed by atoms with E-state index in [0.29, 0.717) is 18.1 Å². The summed E-state index contributed by atoms with van der Waals surface area (Å²) in [5.74, 6) is 0. The molecule has 0 aliphatic carbocycles. The van der Waals surface area contributed by atoms with E-state index in [-0.39, 0.29) is 0 Å². The van der Waals surface area contributed by atoms with Gasteiger partial charge in [-0.1, -0.05) is 24.6 Å². The molecule has 0 aromatic heterocycles. The zero-order valence-electron chi connectivity index (χ0n) is 11.9. The van der Waals surface area contributed by atoms with Crippen molar-refractivity contribution in [2.75, 3.05) is 11.4 Å². The number of rotatable bonds is 4. The van der Waals surface area contributed by atoms with Gasteiger partial charge in [-0.15, -0.1) is 0 Å². The van der Waals surface area contributed by atoms with Gasteiger partial charge >= 0.3 is 0 Å². The van der Waals surface area contributed by atoms with Crippen LogP contribution in [0.2, 0.25) is 5.02 Å². The summed E-state index contributed by atoms with van der Waals surface area (Å²) in [6, 6.07) is 8.23. The second kappa shape index (κ2) is 6.25. The Hall–Kier alpha value is -0.250. The van der Waals surface area contributed by atoms with Crippen LogP contribution in [0.5, 0.6) is 0 Å². The number of nitrogens with zero attached hydrogens (tertiary/aromatic N) is 1. The maximum atomic E-state index is 6.26. The molecule has 3 rings (SSSR count). The van der Waals surface area contributed by atoms with E-state index in [4.69, 9.17) is 11.6 Å². The van der Waals surface area contributed by atoms with Crippen molar-refractivity contribution in [2.45, 2.75) is 57.2 Å². The van der Waals surface area contributed by atoms with E-state index >= 15 is 0 Å². The number of hydrogen-bond acceptors (Lipinski definition) is 2. The third kappa shape index (κ3) is 2.72. The lowest BCUT2D eigenvalue weighted by Crippen LogP contribution is -2.49. The molecule has 2 aliphatic rings. The van der Waals surface area contributed by atoms with Crippen LogP contribution in [0.1, 0.15) is 39.0 Å². The monoisotopic (exact) mass is 356 g/mol. The SMILES string of the molecule is CCCNC1CC2CCC(C1)N2c1cccc(Cl)c1Br. The van der Waals surface area contributed by atoms with Crippen molar-refractivity contribution in [1.82, 2.24) is 5.32 Å². The molecule has 2 bridgehead atoms. The maximum absolute atomic E-state index is 6.26. The maximum Gasteiger partial charge on any atom is 0.0595 e. The van der Waals surface area contributed by atoms with Crippen molar-refractivity contribution in [3.63, 3.8) is 0 Å². The number of halogens is 2. The van der Waals surface area contributed by atoms with Crippen LogP contribution in [-0.2, 0) is 0 Å². The first-order valence-corrected chi connectivity index (χ1v) is 8.83. The average molecular weight is 358 g/mol. The van der Waals surface area contributed by atoms with Gasteiger partial charge in [-0.25, -0.2) is 0 Å². The minimum atomic E-state index is 0.665. The Labute approximate surface area is 135 Å². The second-order valence-electron chi connectivity index (χ2n) is 5.99. The van der Waals surface area contributed by atoms with E-state index in [9.17, 15) is 0 Å². The van der Waals surface area contributed by atoms with Crippen molar-refractivity contribution in [2.24, 2.45) is 0 Å². The normalized spacial score (nSPS) is 28.9. The van der Waals surface area contributed by atoms with Crippen molar-refractivity contribution in [1.29, 1.82) is 0 Å². The molecule has 1 aromatic rings. The number of benzene rings is 1. The molecule has 0 spiro atoms. The van der Waals surface area contributed by atoms with Gasteiger partial charge in [0.15, 0.2) is 0 Å². The summed E-state index contributed by atoms with van der Waals surface area (Å²) >= 11 is 9.93. The molecule has 1 aromatic carbocycles. The summed E-state index contributed by atoms with van der Waals surface area (Å²) in [4.78, 5) is 2.61. The largest absolute Gasteiger partial charge is 0.364 e. The van der Waals surface area contributed by atoms with E-state index in [1.807, 2.05) is 6.07 Å². The van der Waals surface area contributed by atoms with Gasteiger partial charge < -0.3 is 10.2 Å². The molecule has 2 unspecified atom stereocenters. The van der Waals surface area contributed by atoms with Crippen LogP contribution >= 0.6 is 27.5 Å². The minimum absolute atomic E-state index is 0.665. The first kappa shape index (κ1) is 14.7. The highest BCUT2D eigenvalue weighted by Gasteiger charge is 2.41. The highest BCUT2D eigenvalue weighted by Crippen LogP contribution is 2.43. The first-order valence-electron chi connectivity index (χ1n) is 7.66. The molecule has 0 radical (unpaired) electrons. The van der Waals surface area contributed by atoms with Gasteiger partial charge in [0.05, 0.1) is 15.2 Å². The van der Waals surface area contributed by atoms with Crippen LogP contribution in [0.3, 0.4) is 0 Å². The highest BCUT2D eigenvalue weighted by molar-refractivity contribution is 9.10. The van der Waals surface area contributed by atoms with Crippen molar-refractivity contribution in [3.8, 4) is 0 Å². The lowest BCUT2D eigenvalue weighted by molar-refractivity contribution is 0.356. The molecule has 2 heterocycles. The van der Waals surface area contributed by atoms with Crippen LogP contribution in [0.25, 0.3) is 0 Å². The lowest BCUT2D eigenvalue weighted by Gasteiger charge is -2.41. The minimum Gasteiger partial charge on any atom is -0.364 e. The molecule has 0 saturated carbocycles. The van der Waals surface area contributed by atoms with Gasteiger partial charge in [0, 0.05) is 18.1 Å². The number of fused-ring (bicyclic) bond motifs is 2. The van der Waals surface area contributed by atoms with Crippen LogP contribution in [0.15, 0.2) is 22.7 Å². The van der Waals surface area contributed by atoms with Gasteiger partial charge in [0.2, 0.25) is 0 Å². The predicted molar refractivity (Wildman–Crippen MR) is 89.8 cm³/mol. The van der Waals surface area contributed by atoms with E-state index in [1.54, 1.807) is 0 Å². The molecular weight excluding hydrogens is 336 g/mol. The molecule has 110 valence electrons. The zero-order chi connectivity index (χ0) is 14.1. The molecule has 2 fully saturated rings. The summed E-state index contributed by atoms with van der Waals surface area (Å²) in [7, 11) is 0. The van der Waals surface area contributed by atoms with Crippen LogP contribution < -0.4 is 10.2 Å². The Balaban J connectivity index is 1.78. The van der Waals surface area contributed by atoms with Gasteiger partial charge in [-0.05, 0) is 66.7 Å². The predicted octanol–water partition coefficient (Wildman–Crippen LogP) is 4.60. The Morgan fingerprint density at radius 1 is 1.30 bits per heavy atom. The molecule has 0 amide bonds. The van der Waals surface area contributed by atoms with Crippen LogP contribution in [-0.4, -0.2) is 24.7 Å². The Morgan fingerprint density at radius 2 is 2.00 bits per heavy atom. The number of nitrogens with one attached hydrogen (secondary N) is 1. The third-order valence-corrected chi connectivity index (χ3v) is 6.00. The van der Waals surface area contributed by atoms with Crippen molar-refractivity contribution >= 4 is 33.2 Å². The molecule has 1 N–H and O–H groups in total. The van der Waals surface area contributed by atoms with E-state index in [2.05, 4.69) is 45.2 Å². The zero-order valence-corrected chi connectivity index (χ0v) is 14.3. The summed E-state index contributed by atoms with van der Waals surface area (Å²) < 4.78 is 1.05. The lowest BCUT2D eigenvalue weighted by atomic mass is 9.96. The quantitative estimate of drug-likeness (QED) is 0.847. The molecule has 2 nitrogen and oxygen atoms in total. The van der Waals surface area contributed by atoms with Gasteiger partial charge in [0.1, 0.15) is 0 Å². The molecule has 4 heteroatoms. The average Bonchev–Trinajstić information content (AvgIpc) is 2.70. The highest BCUT2D eigenvalue weighted by atomic mass is 79.9. The fourth-order valence-corrected chi connectivity index (χ4v) is 4.42. The van der Waals surface area contributed by atoms with Crippen molar-refractivity contribution in [3.05, 3.63) is 27.7 Å². The Kier molecular flexibility index (Phi) is 4.58. The Bertz CT molecular complexity index is 466. The molecule has 2 atom stereocenters.